The van der Waals surface area contributed by atoms with Crippen molar-refractivity contribution in [1.29, 1.82) is 0 Å². The van der Waals surface area contributed by atoms with E-state index in [-0.39, 0.29) is 0 Å². The molecule has 2 aromatic rings. The average molecular weight is 228 g/mol. The van der Waals surface area contributed by atoms with Crippen molar-refractivity contribution in [2.45, 2.75) is 13.8 Å². The van der Waals surface area contributed by atoms with Gasteiger partial charge in [-0.1, -0.05) is 17.7 Å². The molecule has 2 rings (SSSR count). The number of hydrogen-bond donors (Lipinski definition) is 1. The third-order valence-corrected chi connectivity index (χ3v) is 2.86. The van der Waals surface area contributed by atoms with E-state index in [1.165, 1.54) is 0 Å². The molecule has 0 amide bonds. The molecule has 0 heterocycles. The van der Waals surface area contributed by atoms with Crippen LogP contribution in [0.25, 0.3) is 11.1 Å². The summed E-state index contributed by atoms with van der Waals surface area (Å²) < 4.78 is 5.23. The summed E-state index contributed by atoms with van der Waals surface area (Å²) in [4.78, 5) is 0. The van der Waals surface area contributed by atoms with E-state index >= 15 is 0 Å². The lowest BCUT2D eigenvalue weighted by atomic mass is 10.0. The highest BCUT2D eigenvalue weighted by molar-refractivity contribution is 5.72. The summed E-state index contributed by atoms with van der Waals surface area (Å²) in [6.45, 7) is 4.01. The molecule has 0 fully saturated rings. The van der Waals surface area contributed by atoms with Crippen LogP contribution < -0.4 is 4.74 Å². The quantitative estimate of drug-likeness (QED) is 0.849. The van der Waals surface area contributed by atoms with Gasteiger partial charge in [-0.25, -0.2) is 0 Å². The summed E-state index contributed by atoms with van der Waals surface area (Å²) in [5, 5.41) is 9.87. The molecular formula is C15H16O2. The van der Waals surface area contributed by atoms with E-state index in [9.17, 15) is 5.11 Å². The molecule has 88 valence electrons. The zero-order chi connectivity index (χ0) is 12.4. The largest absolute Gasteiger partial charge is 0.507 e. The Balaban J connectivity index is 2.53. The standard InChI is InChI=1S/C15H16O2/c1-10-4-6-14(16)13(8-10)12-5-7-15(17-3)11(2)9-12/h4-9,16H,1-3H3. The van der Waals surface area contributed by atoms with Crippen LogP contribution in [-0.4, -0.2) is 12.2 Å². The lowest BCUT2D eigenvalue weighted by molar-refractivity contribution is 0.412. The van der Waals surface area contributed by atoms with E-state index in [0.717, 1.165) is 28.0 Å². The van der Waals surface area contributed by atoms with Crippen molar-refractivity contribution in [1.82, 2.24) is 0 Å². The fourth-order valence-electron chi connectivity index (χ4n) is 1.93. The molecule has 0 aliphatic carbocycles. The van der Waals surface area contributed by atoms with Gasteiger partial charge in [-0.15, -0.1) is 0 Å². The molecule has 0 atom stereocenters. The van der Waals surface area contributed by atoms with Crippen LogP contribution in [0.1, 0.15) is 11.1 Å². The Labute approximate surface area is 101 Å². The predicted molar refractivity (Wildman–Crippen MR) is 69.6 cm³/mol. The van der Waals surface area contributed by atoms with Gasteiger partial charge in [0, 0.05) is 5.56 Å². The van der Waals surface area contributed by atoms with E-state index in [4.69, 9.17) is 4.74 Å². The highest BCUT2D eigenvalue weighted by atomic mass is 16.5. The van der Waals surface area contributed by atoms with Gasteiger partial charge >= 0.3 is 0 Å². The third kappa shape index (κ3) is 2.26. The van der Waals surface area contributed by atoms with Crippen LogP contribution in [-0.2, 0) is 0 Å². The Morgan fingerprint density at radius 1 is 1.00 bits per heavy atom. The lowest BCUT2D eigenvalue weighted by Gasteiger charge is -2.09. The van der Waals surface area contributed by atoms with Crippen molar-refractivity contribution >= 4 is 0 Å². The number of methoxy groups -OCH3 is 1. The van der Waals surface area contributed by atoms with E-state index < -0.39 is 0 Å². The number of ether oxygens (including phenoxy) is 1. The molecule has 2 nitrogen and oxygen atoms in total. The minimum absolute atomic E-state index is 0.306. The monoisotopic (exact) mass is 228 g/mol. The molecule has 2 heteroatoms. The van der Waals surface area contributed by atoms with E-state index in [1.807, 2.05) is 44.2 Å². The maximum atomic E-state index is 9.87. The summed E-state index contributed by atoms with van der Waals surface area (Å²) in [5.74, 6) is 1.17. The number of rotatable bonds is 2. The van der Waals surface area contributed by atoms with Crippen molar-refractivity contribution in [3.8, 4) is 22.6 Å². The summed E-state index contributed by atoms with van der Waals surface area (Å²) in [5.41, 5.74) is 4.05. The summed E-state index contributed by atoms with van der Waals surface area (Å²) >= 11 is 0. The van der Waals surface area contributed by atoms with Crippen LogP contribution in [0.2, 0.25) is 0 Å². The molecule has 2 aromatic carbocycles. The number of phenols is 1. The van der Waals surface area contributed by atoms with Gasteiger partial charge < -0.3 is 9.84 Å². The van der Waals surface area contributed by atoms with Gasteiger partial charge in [-0.3, -0.25) is 0 Å². The molecule has 17 heavy (non-hydrogen) atoms. The molecule has 0 radical (unpaired) electrons. The van der Waals surface area contributed by atoms with Crippen LogP contribution in [0.5, 0.6) is 11.5 Å². The zero-order valence-corrected chi connectivity index (χ0v) is 10.3. The molecule has 0 saturated heterocycles. The normalized spacial score (nSPS) is 10.3. The third-order valence-electron chi connectivity index (χ3n) is 2.86. The summed E-state index contributed by atoms with van der Waals surface area (Å²) in [7, 11) is 1.66. The minimum Gasteiger partial charge on any atom is -0.507 e. The number of aryl methyl sites for hydroxylation is 2. The Hall–Kier alpha value is -1.96. The van der Waals surface area contributed by atoms with Crippen molar-refractivity contribution < 1.29 is 9.84 Å². The highest BCUT2D eigenvalue weighted by Crippen LogP contribution is 2.32. The average Bonchev–Trinajstić information content (AvgIpc) is 2.32. The first kappa shape index (κ1) is 11.5. The predicted octanol–water partition coefficient (Wildman–Crippen LogP) is 3.68. The van der Waals surface area contributed by atoms with Gasteiger partial charge in [0.05, 0.1) is 7.11 Å². The van der Waals surface area contributed by atoms with Gasteiger partial charge in [0.25, 0.3) is 0 Å². The van der Waals surface area contributed by atoms with Crippen LogP contribution >= 0.6 is 0 Å². The van der Waals surface area contributed by atoms with Gasteiger partial charge in [-0.05, 0) is 49.2 Å². The van der Waals surface area contributed by atoms with Crippen LogP contribution in [0.15, 0.2) is 36.4 Å². The fraction of sp³-hybridized carbons (Fsp3) is 0.200. The number of hydrogen-bond acceptors (Lipinski definition) is 2. The first-order valence-electron chi connectivity index (χ1n) is 5.56. The zero-order valence-electron chi connectivity index (χ0n) is 10.3. The Bertz CT molecular complexity index is 545. The Morgan fingerprint density at radius 2 is 1.76 bits per heavy atom. The minimum atomic E-state index is 0.306. The molecule has 0 saturated carbocycles. The van der Waals surface area contributed by atoms with Crippen molar-refractivity contribution in [2.24, 2.45) is 0 Å². The van der Waals surface area contributed by atoms with E-state index in [1.54, 1.807) is 13.2 Å². The van der Waals surface area contributed by atoms with Crippen molar-refractivity contribution in [2.75, 3.05) is 7.11 Å². The lowest BCUT2D eigenvalue weighted by Crippen LogP contribution is -1.88. The maximum absolute atomic E-state index is 9.87. The first-order chi connectivity index (χ1) is 8.11. The Morgan fingerprint density at radius 3 is 2.41 bits per heavy atom. The van der Waals surface area contributed by atoms with Crippen molar-refractivity contribution in [3.05, 3.63) is 47.5 Å². The van der Waals surface area contributed by atoms with Crippen LogP contribution in [0, 0.1) is 13.8 Å². The summed E-state index contributed by atoms with van der Waals surface area (Å²) in [6, 6.07) is 11.5. The second-order valence-corrected chi connectivity index (χ2v) is 4.21. The highest BCUT2D eigenvalue weighted by Gasteiger charge is 2.06. The molecule has 0 aromatic heterocycles. The number of phenolic OH excluding ortho intramolecular Hbond substituents is 1. The van der Waals surface area contributed by atoms with Crippen molar-refractivity contribution in [3.63, 3.8) is 0 Å². The SMILES string of the molecule is COc1ccc(-c2cc(C)ccc2O)cc1C. The molecule has 0 spiro atoms. The van der Waals surface area contributed by atoms with Crippen LogP contribution in [0.3, 0.4) is 0 Å². The number of aromatic hydroxyl groups is 1. The second kappa shape index (κ2) is 4.50. The fourth-order valence-corrected chi connectivity index (χ4v) is 1.93. The number of benzene rings is 2. The Kier molecular flexibility index (Phi) is 3.05. The summed E-state index contributed by atoms with van der Waals surface area (Å²) in [6.07, 6.45) is 0. The van der Waals surface area contributed by atoms with E-state index in [2.05, 4.69) is 0 Å². The smallest absolute Gasteiger partial charge is 0.123 e. The first-order valence-corrected chi connectivity index (χ1v) is 5.56. The topological polar surface area (TPSA) is 29.5 Å². The molecule has 1 N–H and O–H groups in total. The molecule has 0 bridgehead atoms. The van der Waals surface area contributed by atoms with Crippen LogP contribution in [0.4, 0.5) is 0 Å². The maximum Gasteiger partial charge on any atom is 0.123 e. The van der Waals surface area contributed by atoms with Gasteiger partial charge in [-0.2, -0.15) is 0 Å². The van der Waals surface area contributed by atoms with E-state index in [0.29, 0.717) is 5.75 Å². The second-order valence-electron chi connectivity index (χ2n) is 4.21. The molecular weight excluding hydrogens is 212 g/mol. The molecule has 0 aliphatic heterocycles. The molecule has 0 unspecified atom stereocenters. The van der Waals surface area contributed by atoms with Gasteiger partial charge in [0.1, 0.15) is 11.5 Å². The van der Waals surface area contributed by atoms with Gasteiger partial charge in [0.2, 0.25) is 0 Å². The van der Waals surface area contributed by atoms with Gasteiger partial charge in [0.15, 0.2) is 0 Å². The molecule has 0 aliphatic rings.